The highest BCUT2D eigenvalue weighted by Crippen LogP contribution is 2.31. The fraction of sp³-hybridized carbons (Fsp3) is 0.500. The van der Waals surface area contributed by atoms with Gasteiger partial charge in [-0.1, -0.05) is 19.9 Å². The summed E-state index contributed by atoms with van der Waals surface area (Å²) in [5, 5.41) is 12.5. The lowest BCUT2D eigenvalue weighted by Crippen LogP contribution is -2.23. The van der Waals surface area contributed by atoms with Gasteiger partial charge in [0.2, 0.25) is 0 Å². The monoisotopic (exact) mass is 233 g/mol. The summed E-state index contributed by atoms with van der Waals surface area (Å²) in [5.74, 6) is -0.232. The highest BCUT2D eigenvalue weighted by Gasteiger charge is 2.23. The molecular formula is C14H19NO2. The van der Waals surface area contributed by atoms with E-state index in [0.29, 0.717) is 17.5 Å². The number of aromatic carboxylic acids is 1. The first-order chi connectivity index (χ1) is 8.08. The molecule has 0 spiro atoms. The maximum Gasteiger partial charge on any atom is 0.335 e. The Morgan fingerprint density at radius 1 is 1.53 bits per heavy atom. The molecular weight excluding hydrogens is 214 g/mol. The maximum atomic E-state index is 11.0. The fourth-order valence-electron chi connectivity index (χ4n) is 2.33. The van der Waals surface area contributed by atoms with E-state index in [1.54, 1.807) is 6.07 Å². The van der Waals surface area contributed by atoms with Crippen molar-refractivity contribution in [2.75, 3.05) is 6.54 Å². The van der Waals surface area contributed by atoms with Crippen LogP contribution in [-0.4, -0.2) is 17.6 Å². The van der Waals surface area contributed by atoms with Crippen molar-refractivity contribution in [3.05, 3.63) is 34.9 Å². The van der Waals surface area contributed by atoms with Gasteiger partial charge in [-0.05, 0) is 48.6 Å². The number of carboxylic acid groups (broad SMARTS) is 1. The summed E-state index contributed by atoms with van der Waals surface area (Å²) in [7, 11) is 0. The lowest BCUT2D eigenvalue weighted by molar-refractivity contribution is 0.0696. The van der Waals surface area contributed by atoms with E-state index in [-0.39, 0.29) is 0 Å². The Kier molecular flexibility index (Phi) is 3.48. The van der Waals surface area contributed by atoms with Gasteiger partial charge in [0.25, 0.3) is 0 Å². The summed E-state index contributed by atoms with van der Waals surface area (Å²) in [5.41, 5.74) is 2.85. The first-order valence-electron chi connectivity index (χ1n) is 6.17. The number of aryl methyl sites for hydroxylation is 1. The number of benzene rings is 1. The molecule has 0 amide bonds. The summed E-state index contributed by atoms with van der Waals surface area (Å²) < 4.78 is 0. The molecule has 92 valence electrons. The molecule has 1 atom stereocenters. The van der Waals surface area contributed by atoms with Gasteiger partial charge in [-0.3, -0.25) is 0 Å². The molecule has 1 aromatic rings. The second-order valence-corrected chi connectivity index (χ2v) is 5.11. The first-order valence-corrected chi connectivity index (χ1v) is 6.17. The predicted octanol–water partition coefficient (Wildman–Crippen LogP) is 2.62. The van der Waals surface area contributed by atoms with Crippen LogP contribution < -0.4 is 5.32 Å². The Balaban J connectivity index is 2.17. The number of carbonyl (C=O) groups is 1. The lowest BCUT2D eigenvalue weighted by Gasteiger charge is -2.16. The third-order valence-corrected chi connectivity index (χ3v) is 3.24. The SMILES string of the molecule is CC(C)CNC1CCc2ccc(C(=O)O)cc21. The Hall–Kier alpha value is -1.35. The molecule has 0 bridgehead atoms. The van der Waals surface area contributed by atoms with E-state index in [9.17, 15) is 4.79 Å². The second kappa shape index (κ2) is 4.88. The molecule has 0 saturated heterocycles. The Labute approximate surface area is 102 Å². The van der Waals surface area contributed by atoms with Crippen LogP contribution in [-0.2, 0) is 6.42 Å². The van der Waals surface area contributed by atoms with E-state index in [1.165, 1.54) is 11.1 Å². The van der Waals surface area contributed by atoms with E-state index in [1.807, 2.05) is 12.1 Å². The zero-order chi connectivity index (χ0) is 12.4. The molecule has 3 heteroatoms. The van der Waals surface area contributed by atoms with Crippen LogP contribution in [0.4, 0.5) is 0 Å². The second-order valence-electron chi connectivity index (χ2n) is 5.11. The van der Waals surface area contributed by atoms with Crippen molar-refractivity contribution in [3.8, 4) is 0 Å². The lowest BCUT2D eigenvalue weighted by atomic mass is 10.0. The third kappa shape index (κ3) is 2.67. The molecule has 0 radical (unpaired) electrons. The van der Waals surface area contributed by atoms with E-state index in [4.69, 9.17) is 5.11 Å². The number of hydrogen-bond acceptors (Lipinski definition) is 2. The Morgan fingerprint density at radius 3 is 2.94 bits per heavy atom. The van der Waals surface area contributed by atoms with Gasteiger partial charge in [-0.25, -0.2) is 4.79 Å². The molecule has 2 rings (SSSR count). The number of nitrogens with one attached hydrogen (secondary N) is 1. The van der Waals surface area contributed by atoms with Crippen molar-refractivity contribution in [1.82, 2.24) is 5.32 Å². The van der Waals surface area contributed by atoms with Crippen molar-refractivity contribution >= 4 is 5.97 Å². The Morgan fingerprint density at radius 2 is 2.29 bits per heavy atom. The summed E-state index contributed by atoms with van der Waals surface area (Å²) in [6.45, 7) is 5.33. The molecule has 1 aliphatic carbocycles. The third-order valence-electron chi connectivity index (χ3n) is 3.24. The van der Waals surface area contributed by atoms with E-state index in [0.717, 1.165) is 19.4 Å². The minimum Gasteiger partial charge on any atom is -0.478 e. The smallest absolute Gasteiger partial charge is 0.335 e. The van der Waals surface area contributed by atoms with Crippen LogP contribution in [0.2, 0.25) is 0 Å². The van der Waals surface area contributed by atoms with E-state index in [2.05, 4.69) is 19.2 Å². The standard InChI is InChI=1S/C14H19NO2/c1-9(2)8-15-13-6-5-10-3-4-11(14(16)17)7-12(10)13/h3-4,7,9,13,15H,5-6,8H2,1-2H3,(H,16,17). The summed E-state index contributed by atoms with van der Waals surface area (Å²) >= 11 is 0. The van der Waals surface area contributed by atoms with Crippen molar-refractivity contribution in [1.29, 1.82) is 0 Å². The average Bonchev–Trinajstić information content (AvgIpc) is 2.68. The molecule has 0 fully saturated rings. The minimum atomic E-state index is -0.845. The number of rotatable bonds is 4. The highest BCUT2D eigenvalue weighted by atomic mass is 16.4. The molecule has 0 saturated carbocycles. The van der Waals surface area contributed by atoms with Crippen LogP contribution in [0.5, 0.6) is 0 Å². The zero-order valence-corrected chi connectivity index (χ0v) is 10.4. The fourth-order valence-corrected chi connectivity index (χ4v) is 2.33. The molecule has 0 heterocycles. The highest BCUT2D eigenvalue weighted by molar-refractivity contribution is 5.88. The molecule has 2 N–H and O–H groups in total. The first kappa shape index (κ1) is 12.1. The summed E-state index contributed by atoms with van der Waals surface area (Å²) in [6.07, 6.45) is 2.12. The molecule has 1 aliphatic rings. The maximum absolute atomic E-state index is 11.0. The van der Waals surface area contributed by atoms with Gasteiger partial charge < -0.3 is 10.4 Å². The van der Waals surface area contributed by atoms with Gasteiger partial charge in [-0.15, -0.1) is 0 Å². The van der Waals surface area contributed by atoms with Gasteiger partial charge in [0.1, 0.15) is 0 Å². The summed E-state index contributed by atoms with van der Waals surface area (Å²) in [4.78, 5) is 11.0. The quantitative estimate of drug-likeness (QED) is 0.840. The molecule has 1 aromatic carbocycles. The predicted molar refractivity (Wildman–Crippen MR) is 67.3 cm³/mol. The molecule has 0 aromatic heterocycles. The van der Waals surface area contributed by atoms with E-state index >= 15 is 0 Å². The molecule has 0 aliphatic heterocycles. The van der Waals surface area contributed by atoms with Gasteiger partial charge in [0.05, 0.1) is 5.56 Å². The molecule has 1 unspecified atom stereocenters. The van der Waals surface area contributed by atoms with Crippen LogP contribution in [0.25, 0.3) is 0 Å². The topological polar surface area (TPSA) is 49.3 Å². The Bertz CT molecular complexity index is 426. The van der Waals surface area contributed by atoms with E-state index < -0.39 is 5.97 Å². The van der Waals surface area contributed by atoms with Crippen LogP contribution >= 0.6 is 0 Å². The molecule has 3 nitrogen and oxygen atoms in total. The van der Waals surface area contributed by atoms with Crippen molar-refractivity contribution in [3.63, 3.8) is 0 Å². The van der Waals surface area contributed by atoms with Gasteiger partial charge in [0.15, 0.2) is 0 Å². The van der Waals surface area contributed by atoms with Crippen molar-refractivity contribution in [2.45, 2.75) is 32.7 Å². The van der Waals surface area contributed by atoms with Gasteiger partial charge in [0, 0.05) is 6.04 Å². The van der Waals surface area contributed by atoms with Gasteiger partial charge in [-0.2, -0.15) is 0 Å². The zero-order valence-electron chi connectivity index (χ0n) is 10.4. The number of fused-ring (bicyclic) bond motifs is 1. The van der Waals surface area contributed by atoms with Crippen LogP contribution in [0.15, 0.2) is 18.2 Å². The van der Waals surface area contributed by atoms with Crippen molar-refractivity contribution < 1.29 is 9.90 Å². The largest absolute Gasteiger partial charge is 0.478 e. The number of carboxylic acids is 1. The minimum absolute atomic E-state index is 0.326. The van der Waals surface area contributed by atoms with Crippen LogP contribution in [0, 0.1) is 5.92 Å². The van der Waals surface area contributed by atoms with Crippen LogP contribution in [0.3, 0.4) is 0 Å². The van der Waals surface area contributed by atoms with Gasteiger partial charge >= 0.3 is 5.97 Å². The molecule has 17 heavy (non-hydrogen) atoms. The average molecular weight is 233 g/mol. The van der Waals surface area contributed by atoms with Crippen molar-refractivity contribution in [2.24, 2.45) is 5.92 Å². The van der Waals surface area contributed by atoms with Crippen LogP contribution in [0.1, 0.15) is 47.8 Å². The summed E-state index contributed by atoms with van der Waals surface area (Å²) in [6, 6.07) is 5.80. The number of hydrogen-bond donors (Lipinski definition) is 2. The normalized spacial score (nSPS) is 18.4.